The zero-order valence-corrected chi connectivity index (χ0v) is 17.1. The van der Waals surface area contributed by atoms with Crippen molar-refractivity contribution >= 4 is 32.8 Å². The molecule has 0 unspecified atom stereocenters. The predicted octanol–water partition coefficient (Wildman–Crippen LogP) is 2.38. The van der Waals surface area contributed by atoms with Crippen LogP contribution < -0.4 is 19.8 Å². The summed E-state index contributed by atoms with van der Waals surface area (Å²) in [5.74, 6) is 1.63. The maximum absolute atomic E-state index is 11.9. The highest BCUT2D eigenvalue weighted by Gasteiger charge is 2.20. The molecule has 0 radical (unpaired) electrons. The number of rotatable bonds is 7. The van der Waals surface area contributed by atoms with Gasteiger partial charge in [0.15, 0.2) is 5.52 Å². The topological polar surface area (TPSA) is 123 Å². The van der Waals surface area contributed by atoms with E-state index in [0.29, 0.717) is 35.7 Å². The minimum atomic E-state index is -3.47. The van der Waals surface area contributed by atoms with Crippen LogP contribution in [0.25, 0.3) is 11.2 Å². The highest BCUT2D eigenvalue weighted by molar-refractivity contribution is 7.89. The molecule has 1 aliphatic carbocycles. The first kappa shape index (κ1) is 19.6. The number of hydrogen-bond donors (Lipinski definition) is 3. The van der Waals surface area contributed by atoms with E-state index in [1.54, 1.807) is 18.5 Å². The summed E-state index contributed by atoms with van der Waals surface area (Å²) < 4.78 is 32.1. The SMILES string of the molecule is CNS(=O)(=O)c1ccc(Nc2nc3nc[nH]c3c(OCC3CCCCC3)[nH+]2)cc1. The number of sulfonamides is 1. The van der Waals surface area contributed by atoms with Gasteiger partial charge in [0, 0.05) is 0 Å². The number of hydrogen-bond acceptors (Lipinski definition) is 6. The van der Waals surface area contributed by atoms with Crippen LogP contribution in [0.15, 0.2) is 35.5 Å². The molecule has 0 bridgehead atoms. The van der Waals surface area contributed by atoms with Crippen molar-refractivity contribution in [3.05, 3.63) is 30.6 Å². The molecule has 0 saturated heterocycles. The van der Waals surface area contributed by atoms with E-state index in [4.69, 9.17) is 4.74 Å². The highest BCUT2D eigenvalue weighted by Crippen LogP contribution is 2.25. The summed E-state index contributed by atoms with van der Waals surface area (Å²) in [7, 11) is -2.09. The minimum Gasteiger partial charge on any atom is -0.466 e. The number of ether oxygens (including phenoxy) is 1. The first-order valence-corrected chi connectivity index (χ1v) is 11.2. The van der Waals surface area contributed by atoms with E-state index in [1.807, 2.05) is 0 Å². The van der Waals surface area contributed by atoms with Gasteiger partial charge in [-0.15, -0.1) is 0 Å². The summed E-state index contributed by atoms with van der Waals surface area (Å²) in [5, 5.41) is 3.15. The Morgan fingerprint density at radius 2 is 1.97 bits per heavy atom. The summed E-state index contributed by atoms with van der Waals surface area (Å²) in [5.41, 5.74) is 1.96. The number of fused-ring (bicyclic) bond motifs is 1. The Morgan fingerprint density at radius 3 is 2.69 bits per heavy atom. The van der Waals surface area contributed by atoms with E-state index in [9.17, 15) is 8.42 Å². The van der Waals surface area contributed by atoms with Crippen LogP contribution in [0.2, 0.25) is 0 Å². The molecule has 0 spiro atoms. The third kappa shape index (κ3) is 4.48. The van der Waals surface area contributed by atoms with E-state index >= 15 is 0 Å². The second-order valence-electron chi connectivity index (χ2n) is 7.19. The zero-order chi connectivity index (χ0) is 20.3. The average molecular weight is 418 g/mol. The lowest BCUT2D eigenvalue weighted by atomic mass is 9.90. The maximum Gasteiger partial charge on any atom is 0.399 e. The first-order chi connectivity index (χ1) is 14.0. The summed E-state index contributed by atoms with van der Waals surface area (Å²) in [6, 6.07) is 6.41. The van der Waals surface area contributed by atoms with E-state index in [0.717, 1.165) is 5.52 Å². The van der Waals surface area contributed by atoms with Crippen molar-refractivity contribution in [2.45, 2.75) is 37.0 Å². The highest BCUT2D eigenvalue weighted by atomic mass is 32.2. The lowest BCUT2D eigenvalue weighted by molar-refractivity contribution is -0.380. The molecule has 2 aromatic heterocycles. The van der Waals surface area contributed by atoms with Gasteiger partial charge in [-0.05, 0) is 55.1 Å². The predicted molar refractivity (Wildman–Crippen MR) is 108 cm³/mol. The van der Waals surface area contributed by atoms with Crippen LogP contribution in [0.5, 0.6) is 5.88 Å². The number of imidazole rings is 1. The Labute approximate surface area is 169 Å². The average Bonchev–Trinajstić information content (AvgIpc) is 3.22. The third-order valence-corrected chi connectivity index (χ3v) is 6.61. The standard InChI is InChI=1S/C19H24N6O3S/c1-20-29(26,27)15-9-7-14(8-10-15)23-19-24-17-16(21-12-22-17)18(25-19)28-11-13-5-3-2-4-6-13/h7-10,12-13,20H,2-6,11H2,1H3,(H2,21,22,23,24,25)/p+1. The van der Waals surface area contributed by atoms with E-state index in [1.165, 1.54) is 51.3 Å². The van der Waals surface area contributed by atoms with Crippen LogP contribution in [-0.4, -0.2) is 37.0 Å². The maximum atomic E-state index is 11.9. The molecule has 2 heterocycles. The molecule has 4 rings (SSSR count). The molecule has 154 valence electrons. The molecule has 1 aliphatic rings. The molecule has 0 aliphatic heterocycles. The molecule has 1 aromatic carbocycles. The van der Waals surface area contributed by atoms with Gasteiger partial charge in [-0.25, -0.2) is 28.4 Å². The van der Waals surface area contributed by atoms with Gasteiger partial charge in [-0.2, -0.15) is 0 Å². The first-order valence-electron chi connectivity index (χ1n) is 9.75. The molecule has 0 amide bonds. The number of nitrogens with one attached hydrogen (secondary N) is 4. The van der Waals surface area contributed by atoms with Gasteiger partial charge in [0.05, 0.1) is 23.5 Å². The van der Waals surface area contributed by atoms with Crippen molar-refractivity contribution in [2.75, 3.05) is 19.0 Å². The van der Waals surface area contributed by atoms with Gasteiger partial charge in [-0.1, -0.05) is 19.3 Å². The lowest BCUT2D eigenvalue weighted by Crippen LogP contribution is -2.21. The van der Waals surface area contributed by atoms with Crippen LogP contribution in [0.3, 0.4) is 0 Å². The molecular weight excluding hydrogens is 392 g/mol. The Morgan fingerprint density at radius 1 is 1.21 bits per heavy atom. The van der Waals surface area contributed by atoms with Gasteiger partial charge in [0.25, 0.3) is 11.5 Å². The monoisotopic (exact) mass is 417 g/mol. The van der Waals surface area contributed by atoms with E-state index < -0.39 is 10.0 Å². The Hall–Kier alpha value is -2.72. The number of benzene rings is 1. The summed E-state index contributed by atoms with van der Waals surface area (Å²) in [6.07, 6.45) is 7.82. The van der Waals surface area contributed by atoms with E-state index in [2.05, 4.69) is 30.0 Å². The van der Waals surface area contributed by atoms with Crippen molar-refractivity contribution in [3.8, 4) is 5.88 Å². The van der Waals surface area contributed by atoms with Crippen LogP contribution in [0, 0.1) is 5.92 Å². The molecule has 4 N–H and O–H groups in total. The van der Waals surface area contributed by atoms with Gasteiger partial charge in [0.2, 0.25) is 10.0 Å². The number of anilines is 2. The van der Waals surface area contributed by atoms with Crippen molar-refractivity contribution in [1.82, 2.24) is 19.7 Å². The normalized spacial score (nSPS) is 15.5. The molecule has 1 fully saturated rings. The molecule has 0 atom stereocenters. The fourth-order valence-electron chi connectivity index (χ4n) is 3.54. The van der Waals surface area contributed by atoms with E-state index in [-0.39, 0.29) is 4.90 Å². The number of H-pyrrole nitrogens is 2. The quantitative estimate of drug-likeness (QED) is 0.542. The third-order valence-electron chi connectivity index (χ3n) is 5.18. The fraction of sp³-hybridized carbons (Fsp3) is 0.421. The van der Waals surface area contributed by atoms with Gasteiger partial charge < -0.3 is 9.72 Å². The Bertz CT molecular complexity index is 1080. The van der Waals surface area contributed by atoms with Crippen LogP contribution >= 0.6 is 0 Å². The minimum absolute atomic E-state index is 0.196. The zero-order valence-electron chi connectivity index (χ0n) is 16.2. The second kappa shape index (κ2) is 8.34. The largest absolute Gasteiger partial charge is 0.466 e. The summed E-state index contributed by atoms with van der Waals surface area (Å²) in [6.45, 7) is 0.657. The molecular formula is C19H25N6O3S+. The van der Waals surface area contributed by atoms with Crippen molar-refractivity contribution in [3.63, 3.8) is 0 Å². The lowest BCUT2D eigenvalue weighted by Gasteiger charge is -2.21. The number of aromatic amines is 2. The Kier molecular flexibility index (Phi) is 5.63. The molecule has 3 aromatic rings. The van der Waals surface area contributed by atoms with Crippen LogP contribution in [-0.2, 0) is 10.0 Å². The van der Waals surface area contributed by atoms with Crippen LogP contribution in [0.4, 0.5) is 11.6 Å². The summed E-state index contributed by atoms with van der Waals surface area (Å²) in [4.78, 5) is 15.1. The smallest absolute Gasteiger partial charge is 0.399 e. The van der Waals surface area contributed by atoms with Gasteiger partial charge in [-0.3, -0.25) is 0 Å². The molecule has 10 heteroatoms. The molecule has 29 heavy (non-hydrogen) atoms. The van der Waals surface area contributed by atoms with Gasteiger partial charge in [0.1, 0.15) is 0 Å². The fourth-order valence-corrected chi connectivity index (χ4v) is 4.27. The number of aromatic nitrogens is 4. The molecule has 9 nitrogen and oxygen atoms in total. The molecule has 1 saturated carbocycles. The van der Waals surface area contributed by atoms with Crippen LogP contribution in [0.1, 0.15) is 32.1 Å². The van der Waals surface area contributed by atoms with Crippen molar-refractivity contribution in [2.24, 2.45) is 5.92 Å². The number of nitrogens with zero attached hydrogens (tertiary/aromatic N) is 2. The van der Waals surface area contributed by atoms with Crippen molar-refractivity contribution in [1.29, 1.82) is 0 Å². The van der Waals surface area contributed by atoms with Gasteiger partial charge >= 0.3 is 5.95 Å². The van der Waals surface area contributed by atoms with Crippen molar-refractivity contribution < 1.29 is 18.1 Å². The Balaban J connectivity index is 1.53. The summed E-state index contributed by atoms with van der Waals surface area (Å²) >= 11 is 0. The second-order valence-corrected chi connectivity index (χ2v) is 9.07.